The van der Waals surface area contributed by atoms with Gasteiger partial charge in [-0.1, -0.05) is 6.92 Å². The van der Waals surface area contributed by atoms with Gasteiger partial charge < -0.3 is 15.2 Å². The van der Waals surface area contributed by atoms with Gasteiger partial charge >= 0.3 is 5.97 Å². The van der Waals surface area contributed by atoms with Crippen LogP contribution in [-0.4, -0.2) is 36.7 Å². The van der Waals surface area contributed by atoms with Crippen LogP contribution in [0.2, 0.25) is 0 Å². The molecule has 100 valence electrons. The van der Waals surface area contributed by atoms with E-state index in [1.54, 1.807) is 0 Å². The van der Waals surface area contributed by atoms with Crippen LogP contribution in [0, 0.1) is 5.92 Å². The van der Waals surface area contributed by atoms with Gasteiger partial charge in [-0.15, -0.1) is 0 Å². The fourth-order valence-corrected chi connectivity index (χ4v) is 1.33. The van der Waals surface area contributed by atoms with E-state index in [0.717, 1.165) is 6.42 Å². The number of carboxylic acid groups (broad SMARTS) is 1. The molecule has 0 aromatic rings. The molecule has 0 fully saturated rings. The van der Waals surface area contributed by atoms with Crippen LogP contribution in [0.15, 0.2) is 0 Å². The third-order valence-electron chi connectivity index (χ3n) is 2.40. The summed E-state index contributed by atoms with van der Waals surface area (Å²) in [5.74, 6) is -0.589. The second-order valence-corrected chi connectivity index (χ2v) is 4.14. The molecule has 1 unspecified atom stereocenters. The molecule has 1 atom stereocenters. The van der Waals surface area contributed by atoms with Crippen LogP contribution in [0.3, 0.4) is 0 Å². The fourth-order valence-electron chi connectivity index (χ4n) is 1.33. The number of carboxylic acids is 1. The number of hydrogen-bond donors (Lipinski definition) is 2. The minimum absolute atomic E-state index is 0.00637. The quantitative estimate of drug-likeness (QED) is 0.571. The van der Waals surface area contributed by atoms with E-state index in [1.807, 2.05) is 13.8 Å². The molecule has 0 heterocycles. The molecule has 2 N–H and O–H groups in total. The van der Waals surface area contributed by atoms with Gasteiger partial charge in [-0.2, -0.15) is 0 Å². The summed E-state index contributed by atoms with van der Waals surface area (Å²) in [5, 5.41) is 11.3. The SMILES string of the molecule is CCOCCCC(=O)NCC(C)CCC(=O)O. The summed E-state index contributed by atoms with van der Waals surface area (Å²) >= 11 is 0. The van der Waals surface area contributed by atoms with E-state index in [1.165, 1.54) is 0 Å². The van der Waals surface area contributed by atoms with Gasteiger partial charge in [-0.05, 0) is 25.7 Å². The van der Waals surface area contributed by atoms with E-state index in [-0.39, 0.29) is 18.2 Å². The second-order valence-electron chi connectivity index (χ2n) is 4.14. The maximum Gasteiger partial charge on any atom is 0.303 e. The van der Waals surface area contributed by atoms with E-state index < -0.39 is 5.97 Å². The molecule has 0 aromatic heterocycles. The lowest BCUT2D eigenvalue weighted by Crippen LogP contribution is -2.28. The number of hydrogen-bond acceptors (Lipinski definition) is 3. The van der Waals surface area contributed by atoms with Crippen LogP contribution >= 0.6 is 0 Å². The summed E-state index contributed by atoms with van der Waals surface area (Å²) in [5.41, 5.74) is 0. The minimum Gasteiger partial charge on any atom is -0.481 e. The summed E-state index contributed by atoms with van der Waals surface area (Å²) in [6.45, 7) is 5.68. The van der Waals surface area contributed by atoms with Gasteiger partial charge in [-0.3, -0.25) is 9.59 Å². The highest BCUT2D eigenvalue weighted by atomic mass is 16.5. The largest absolute Gasteiger partial charge is 0.481 e. The molecule has 1 amide bonds. The number of carbonyl (C=O) groups excluding carboxylic acids is 1. The normalized spacial score (nSPS) is 12.1. The number of nitrogens with one attached hydrogen (secondary N) is 1. The van der Waals surface area contributed by atoms with Gasteiger partial charge in [0.1, 0.15) is 0 Å². The third-order valence-corrected chi connectivity index (χ3v) is 2.40. The Morgan fingerprint density at radius 3 is 2.65 bits per heavy atom. The standard InChI is InChI=1S/C12H23NO4/c1-3-17-8-4-5-11(14)13-9-10(2)6-7-12(15)16/h10H,3-9H2,1-2H3,(H,13,14)(H,15,16). The van der Waals surface area contributed by atoms with Gasteiger partial charge in [0.25, 0.3) is 0 Å². The summed E-state index contributed by atoms with van der Waals surface area (Å²) < 4.78 is 5.13. The summed E-state index contributed by atoms with van der Waals surface area (Å²) in [4.78, 5) is 21.7. The van der Waals surface area contributed by atoms with Crippen LogP contribution in [0.25, 0.3) is 0 Å². The molecule has 0 rings (SSSR count). The van der Waals surface area contributed by atoms with E-state index in [9.17, 15) is 9.59 Å². The maximum absolute atomic E-state index is 11.4. The number of amides is 1. The van der Waals surface area contributed by atoms with Crippen molar-refractivity contribution in [2.75, 3.05) is 19.8 Å². The molecule has 0 saturated heterocycles. The van der Waals surface area contributed by atoms with Crippen molar-refractivity contribution in [2.45, 2.75) is 39.5 Å². The number of rotatable bonds is 10. The first-order chi connectivity index (χ1) is 8.06. The highest BCUT2D eigenvalue weighted by Gasteiger charge is 2.07. The Labute approximate surface area is 103 Å². The second kappa shape index (κ2) is 10.1. The molecule has 17 heavy (non-hydrogen) atoms. The number of ether oxygens (including phenoxy) is 1. The monoisotopic (exact) mass is 245 g/mol. The van der Waals surface area contributed by atoms with Gasteiger partial charge in [0.15, 0.2) is 0 Å². The van der Waals surface area contributed by atoms with E-state index in [2.05, 4.69) is 5.32 Å². The molecule has 0 aliphatic carbocycles. The average molecular weight is 245 g/mol. The zero-order valence-corrected chi connectivity index (χ0v) is 10.7. The fraction of sp³-hybridized carbons (Fsp3) is 0.833. The Balaban J connectivity index is 3.45. The van der Waals surface area contributed by atoms with Crippen LogP contribution in [-0.2, 0) is 14.3 Å². The first-order valence-electron chi connectivity index (χ1n) is 6.12. The van der Waals surface area contributed by atoms with Crippen molar-refractivity contribution < 1.29 is 19.4 Å². The lowest BCUT2D eigenvalue weighted by atomic mass is 10.1. The zero-order chi connectivity index (χ0) is 13.1. The van der Waals surface area contributed by atoms with Crippen molar-refractivity contribution in [3.63, 3.8) is 0 Å². The molecular formula is C12H23NO4. The molecule has 5 heteroatoms. The Morgan fingerprint density at radius 2 is 2.06 bits per heavy atom. The van der Waals surface area contributed by atoms with Crippen molar-refractivity contribution in [1.82, 2.24) is 5.32 Å². The predicted octanol–water partition coefficient (Wildman–Crippen LogP) is 1.42. The Hall–Kier alpha value is -1.10. The van der Waals surface area contributed by atoms with E-state index in [0.29, 0.717) is 32.6 Å². The highest BCUT2D eigenvalue weighted by Crippen LogP contribution is 2.04. The lowest BCUT2D eigenvalue weighted by molar-refractivity contribution is -0.137. The van der Waals surface area contributed by atoms with Gasteiger partial charge in [0.05, 0.1) is 0 Å². The third kappa shape index (κ3) is 11.2. The Bertz CT molecular complexity index is 231. The van der Waals surface area contributed by atoms with Crippen LogP contribution < -0.4 is 5.32 Å². The molecule has 0 aliphatic rings. The molecule has 0 bridgehead atoms. The van der Waals surface area contributed by atoms with E-state index in [4.69, 9.17) is 9.84 Å². The van der Waals surface area contributed by atoms with Gasteiger partial charge in [-0.25, -0.2) is 0 Å². The zero-order valence-electron chi connectivity index (χ0n) is 10.7. The van der Waals surface area contributed by atoms with Crippen molar-refractivity contribution >= 4 is 11.9 Å². The van der Waals surface area contributed by atoms with Gasteiger partial charge in [0, 0.05) is 32.6 Å². The van der Waals surface area contributed by atoms with Crippen molar-refractivity contribution in [2.24, 2.45) is 5.92 Å². The van der Waals surface area contributed by atoms with Crippen molar-refractivity contribution in [3.05, 3.63) is 0 Å². The summed E-state index contributed by atoms with van der Waals surface area (Å²) in [6, 6.07) is 0. The first-order valence-corrected chi connectivity index (χ1v) is 6.12. The van der Waals surface area contributed by atoms with Crippen LogP contribution in [0.5, 0.6) is 0 Å². The lowest BCUT2D eigenvalue weighted by Gasteiger charge is -2.11. The maximum atomic E-state index is 11.4. The molecule has 5 nitrogen and oxygen atoms in total. The number of aliphatic carboxylic acids is 1. The molecule has 0 saturated carbocycles. The topological polar surface area (TPSA) is 75.6 Å². The van der Waals surface area contributed by atoms with Crippen LogP contribution in [0.1, 0.15) is 39.5 Å². The molecule has 0 aromatic carbocycles. The molecular weight excluding hydrogens is 222 g/mol. The van der Waals surface area contributed by atoms with Crippen molar-refractivity contribution in [1.29, 1.82) is 0 Å². The van der Waals surface area contributed by atoms with Crippen LogP contribution in [0.4, 0.5) is 0 Å². The Morgan fingerprint density at radius 1 is 1.35 bits per heavy atom. The first kappa shape index (κ1) is 15.9. The smallest absolute Gasteiger partial charge is 0.303 e. The van der Waals surface area contributed by atoms with Gasteiger partial charge in [0.2, 0.25) is 5.91 Å². The molecule has 0 spiro atoms. The average Bonchev–Trinajstić information content (AvgIpc) is 2.29. The minimum atomic E-state index is -0.792. The summed E-state index contributed by atoms with van der Waals surface area (Å²) in [6.07, 6.45) is 1.94. The van der Waals surface area contributed by atoms with E-state index >= 15 is 0 Å². The molecule has 0 aliphatic heterocycles. The Kier molecular flexibility index (Phi) is 9.43. The highest BCUT2D eigenvalue weighted by molar-refractivity contribution is 5.75. The predicted molar refractivity (Wildman–Crippen MR) is 64.8 cm³/mol. The molecule has 0 radical (unpaired) electrons. The van der Waals surface area contributed by atoms with Crippen molar-refractivity contribution in [3.8, 4) is 0 Å². The summed E-state index contributed by atoms with van der Waals surface area (Å²) in [7, 11) is 0. The number of carbonyl (C=O) groups is 2.